The lowest BCUT2D eigenvalue weighted by Crippen LogP contribution is -2.44. The number of nitrogens with one attached hydrogen (secondary N) is 1. The van der Waals surface area contributed by atoms with Gasteiger partial charge in [0, 0.05) is 11.4 Å². The third kappa shape index (κ3) is 2.38. The topological polar surface area (TPSA) is 75.1 Å². The van der Waals surface area contributed by atoms with Crippen molar-refractivity contribution in [3.05, 3.63) is 17.5 Å². The Morgan fingerprint density at radius 1 is 1.29 bits per heavy atom. The molecule has 0 bridgehead atoms. The van der Waals surface area contributed by atoms with Crippen LogP contribution in [-0.2, 0) is 4.79 Å². The van der Waals surface area contributed by atoms with Crippen LogP contribution in [0, 0.1) is 13.8 Å². The van der Waals surface area contributed by atoms with Crippen LogP contribution in [0.15, 0.2) is 6.07 Å². The zero-order chi connectivity index (χ0) is 12.5. The first-order valence-electron chi connectivity index (χ1n) is 5.86. The molecule has 1 aliphatic rings. The fourth-order valence-corrected chi connectivity index (χ4v) is 2.37. The van der Waals surface area contributed by atoms with Gasteiger partial charge >= 0.3 is 5.97 Å². The lowest BCUT2D eigenvalue weighted by atomic mass is 9.98. The van der Waals surface area contributed by atoms with Crippen LogP contribution in [0.25, 0.3) is 0 Å². The van der Waals surface area contributed by atoms with Crippen molar-refractivity contribution >= 4 is 11.9 Å². The standard InChI is InChI=1S/C12H17N3O2/c1-8-7-9(2)14-11(13-8)15-12(10(16)17)5-3-4-6-12/h7H,3-6H2,1-2H3,(H,16,17)(H,13,14,15). The van der Waals surface area contributed by atoms with E-state index in [9.17, 15) is 9.90 Å². The second kappa shape index (κ2) is 4.31. The number of carbonyl (C=O) groups is 1. The molecule has 1 aromatic heterocycles. The third-order valence-electron chi connectivity index (χ3n) is 3.20. The summed E-state index contributed by atoms with van der Waals surface area (Å²) in [4.78, 5) is 19.9. The van der Waals surface area contributed by atoms with E-state index in [0.29, 0.717) is 18.8 Å². The monoisotopic (exact) mass is 235 g/mol. The molecule has 0 spiro atoms. The lowest BCUT2D eigenvalue weighted by Gasteiger charge is -2.25. The summed E-state index contributed by atoms with van der Waals surface area (Å²) < 4.78 is 0. The van der Waals surface area contributed by atoms with Gasteiger partial charge in [-0.05, 0) is 32.8 Å². The number of aromatic nitrogens is 2. The van der Waals surface area contributed by atoms with E-state index in [1.165, 1.54) is 0 Å². The largest absolute Gasteiger partial charge is 0.480 e. The molecular weight excluding hydrogens is 218 g/mol. The van der Waals surface area contributed by atoms with Crippen molar-refractivity contribution in [2.24, 2.45) is 0 Å². The van der Waals surface area contributed by atoms with Crippen LogP contribution in [0.2, 0.25) is 0 Å². The summed E-state index contributed by atoms with van der Waals surface area (Å²) in [7, 11) is 0. The minimum absolute atomic E-state index is 0.423. The molecule has 5 nitrogen and oxygen atoms in total. The number of hydrogen-bond donors (Lipinski definition) is 2. The quantitative estimate of drug-likeness (QED) is 0.837. The summed E-state index contributed by atoms with van der Waals surface area (Å²) in [6.45, 7) is 3.75. The molecule has 0 amide bonds. The maximum absolute atomic E-state index is 11.4. The first-order chi connectivity index (χ1) is 8.02. The summed E-state index contributed by atoms with van der Waals surface area (Å²) in [6.07, 6.45) is 3.14. The van der Waals surface area contributed by atoms with Crippen LogP contribution >= 0.6 is 0 Å². The van der Waals surface area contributed by atoms with Crippen molar-refractivity contribution in [3.8, 4) is 0 Å². The Kier molecular flexibility index (Phi) is 3.00. The highest BCUT2D eigenvalue weighted by atomic mass is 16.4. The lowest BCUT2D eigenvalue weighted by molar-refractivity contribution is -0.142. The van der Waals surface area contributed by atoms with Gasteiger partial charge in [-0.15, -0.1) is 0 Å². The molecule has 1 aromatic rings. The third-order valence-corrected chi connectivity index (χ3v) is 3.20. The minimum Gasteiger partial charge on any atom is -0.480 e. The number of carboxylic acids is 1. The van der Waals surface area contributed by atoms with E-state index in [1.54, 1.807) is 0 Å². The summed E-state index contributed by atoms with van der Waals surface area (Å²) in [6, 6.07) is 1.87. The van der Waals surface area contributed by atoms with Crippen molar-refractivity contribution in [1.29, 1.82) is 0 Å². The van der Waals surface area contributed by atoms with Crippen molar-refractivity contribution in [2.75, 3.05) is 5.32 Å². The molecule has 92 valence electrons. The number of aliphatic carboxylic acids is 1. The van der Waals surface area contributed by atoms with Crippen LogP contribution in [-0.4, -0.2) is 26.6 Å². The molecule has 1 heterocycles. The molecule has 2 rings (SSSR count). The molecule has 0 aliphatic heterocycles. The summed E-state index contributed by atoms with van der Waals surface area (Å²) in [5.41, 5.74) is 0.817. The summed E-state index contributed by atoms with van der Waals surface area (Å²) in [5.74, 6) is -0.385. The molecule has 1 saturated carbocycles. The van der Waals surface area contributed by atoms with Crippen molar-refractivity contribution in [3.63, 3.8) is 0 Å². The van der Waals surface area contributed by atoms with Gasteiger partial charge in [0.05, 0.1) is 0 Å². The van der Waals surface area contributed by atoms with Gasteiger partial charge in [0.15, 0.2) is 0 Å². The second-order valence-corrected chi connectivity index (χ2v) is 4.69. The predicted octanol–water partition coefficient (Wildman–Crippen LogP) is 1.90. The van der Waals surface area contributed by atoms with Crippen molar-refractivity contribution in [2.45, 2.75) is 45.1 Å². The van der Waals surface area contributed by atoms with Gasteiger partial charge < -0.3 is 10.4 Å². The SMILES string of the molecule is Cc1cc(C)nc(NC2(C(=O)O)CCCC2)n1. The molecule has 0 unspecified atom stereocenters. The van der Waals surface area contributed by atoms with E-state index in [1.807, 2.05) is 19.9 Å². The summed E-state index contributed by atoms with van der Waals surface area (Å²) >= 11 is 0. The Bertz CT molecular complexity index is 419. The molecular formula is C12H17N3O2. The van der Waals surface area contributed by atoms with E-state index in [4.69, 9.17) is 0 Å². The number of hydrogen-bond acceptors (Lipinski definition) is 4. The predicted molar refractivity (Wildman–Crippen MR) is 64.0 cm³/mol. The second-order valence-electron chi connectivity index (χ2n) is 4.69. The molecule has 1 aliphatic carbocycles. The first-order valence-corrected chi connectivity index (χ1v) is 5.86. The Balaban J connectivity index is 2.26. The number of rotatable bonds is 3. The maximum atomic E-state index is 11.4. The van der Waals surface area contributed by atoms with E-state index in [-0.39, 0.29) is 0 Å². The van der Waals surface area contributed by atoms with Gasteiger partial charge in [0.1, 0.15) is 5.54 Å². The van der Waals surface area contributed by atoms with E-state index >= 15 is 0 Å². The Labute approximate surface area is 100 Å². The zero-order valence-corrected chi connectivity index (χ0v) is 10.2. The van der Waals surface area contributed by atoms with Crippen LogP contribution in [0.4, 0.5) is 5.95 Å². The Hall–Kier alpha value is -1.65. The highest BCUT2D eigenvalue weighted by Crippen LogP contribution is 2.32. The zero-order valence-electron chi connectivity index (χ0n) is 10.2. The molecule has 0 atom stereocenters. The van der Waals surface area contributed by atoms with Gasteiger partial charge in [0.2, 0.25) is 5.95 Å². The average molecular weight is 235 g/mol. The van der Waals surface area contributed by atoms with Gasteiger partial charge in [0.25, 0.3) is 0 Å². The van der Waals surface area contributed by atoms with Crippen LogP contribution in [0.3, 0.4) is 0 Å². The fourth-order valence-electron chi connectivity index (χ4n) is 2.37. The molecule has 1 fully saturated rings. The Morgan fingerprint density at radius 3 is 2.29 bits per heavy atom. The smallest absolute Gasteiger partial charge is 0.329 e. The van der Waals surface area contributed by atoms with E-state index < -0.39 is 11.5 Å². The Morgan fingerprint density at radius 2 is 1.82 bits per heavy atom. The van der Waals surface area contributed by atoms with Crippen molar-refractivity contribution < 1.29 is 9.90 Å². The number of anilines is 1. The van der Waals surface area contributed by atoms with Gasteiger partial charge in [-0.2, -0.15) is 0 Å². The van der Waals surface area contributed by atoms with E-state index in [0.717, 1.165) is 24.2 Å². The highest BCUT2D eigenvalue weighted by molar-refractivity contribution is 5.82. The first kappa shape index (κ1) is 11.8. The van der Waals surface area contributed by atoms with Gasteiger partial charge in [-0.1, -0.05) is 12.8 Å². The molecule has 2 N–H and O–H groups in total. The number of nitrogens with zero attached hydrogens (tertiary/aromatic N) is 2. The number of aryl methyl sites for hydroxylation is 2. The number of carboxylic acid groups (broad SMARTS) is 1. The van der Waals surface area contributed by atoms with Gasteiger partial charge in [-0.25, -0.2) is 14.8 Å². The van der Waals surface area contributed by atoms with E-state index in [2.05, 4.69) is 15.3 Å². The average Bonchev–Trinajstić information content (AvgIpc) is 2.65. The van der Waals surface area contributed by atoms with Crippen LogP contribution < -0.4 is 5.32 Å². The van der Waals surface area contributed by atoms with Crippen molar-refractivity contribution in [1.82, 2.24) is 9.97 Å². The molecule has 0 aromatic carbocycles. The van der Waals surface area contributed by atoms with Crippen LogP contribution in [0.5, 0.6) is 0 Å². The fraction of sp³-hybridized carbons (Fsp3) is 0.583. The minimum atomic E-state index is -0.875. The molecule has 0 saturated heterocycles. The van der Waals surface area contributed by atoms with Gasteiger partial charge in [-0.3, -0.25) is 0 Å². The summed E-state index contributed by atoms with van der Waals surface area (Å²) in [5, 5.41) is 12.4. The normalized spacial score (nSPS) is 18.0. The highest BCUT2D eigenvalue weighted by Gasteiger charge is 2.41. The molecule has 17 heavy (non-hydrogen) atoms. The maximum Gasteiger partial charge on any atom is 0.329 e. The molecule has 0 radical (unpaired) electrons. The molecule has 5 heteroatoms. The van der Waals surface area contributed by atoms with Crippen LogP contribution in [0.1, 0.15) is 37.1 Å².